The molecule has 2 rings (SSSR count). The lowest BCUT2D eigenvalue weighted by Crippen LogP contribution is -2.20. The summed E-state index contributed by atoms with van der Waals surface area (Å²) < 4.78 is 5.07. The normalized spacial score (nSPS) is 15.5. The van der Waals surface area contributed by atoms with Gasteiger partial charge in [-0.3, -0.25) is 0 Å². The van der Waals surface area contributed by atoms with Gasteiger partial charge < -0.3 is 9.64 Å². The molecule has 0 saturated heterocycles. The molecule has 1 saturated carbocycles. The van der Waals surface area contributed by atoms with E-state index in [9.17, 15) is 0 Å². The van der Waals surface area contributed by atoms with E-state index in [0.29, 0.717) is 11.9 Å². The van der Waals surface area contributed by atoms with E-state index in [2.05, 4.69) is 16.9 Å². The molecule has 0 atom stereocenters. The Balaban J connectivity index is 2.18. The summed E-state index contributed by atoms with van der Waals surface area (Å²) in [4.78, 5) is 6.57. The lowest BCUT2D eigenvalue weighted by molar-refractivity contribution is 0.398. The van der Waals surface area contributed by atoms with Crippen LogP contribution in [0.3, 0.4) is 0 Å². The molecule has 0 aliphatic heterocycles. The smallest absolute Gasteiger partial charge is 0.214 e. The molecule has 0 aromatic carbocycles. The Morgan fingerprint density at radius 3 is 2.85 bits per heavy atom. The van der Waals surface area contributed by atoms with Gasteiger partial charge in [-0.25, -0.2) is 0 Å². The van der Waals surface area contributed by atoms with Crippen molar-refractivity contribution < 1.29 is 4.74 Å². The quantitative estimate of drug-likeness (QED) is 0.704. The van der Waals surface area contributed by atoms with Crippen molar-refractivity contribution in [3.63, 3.8) is 0 Å². The van der Waals surface area contributed by atoms with Gasteiger partial charge in [-0.2, -0.15) is 4.98 Å². The molecule has 0 amide bonds. The van der Waals surface area contributed by atoms with E-state index in [1.807, 2.05) is 18.2 Å². The fourth-order valence-corrected chi connectivity index (χ4v) is 1.36. The number of hydrogen-bond donors (Lipinski definition) is 0. The highest BCUT2D eigenvalue weighted by atomic mass is 16.5. The fraction of sp³-hybridized carbons (Fsp3) is 0.500. The summed E-state index contributed by atoms with van der Waals surface area (Å²) in [6, 6.07) is 6.55. The van der Waals surface area contributed by atoms with Gasteiger partial charge in [-0.1, -0.05) is 6.07 Å². The molecular formula is C10H14N2O. The lowest BCUT2D eigenvalue weighted by Gasteiger charge is -2.17. The first kappa shape index (κ1) is 8.35. The summed E-state index contributed by atoms with van der Waals surface area (Å²) in [6.07, 6.45) is 2.57. The largest absolute Gasteiger partial charge is 0.481 e. The second kappa shape index (κ2) is 3.24. The van der Waals surface area contributed by atoms with Gasteiger partial charge in [0, 0.05) is 19.2 Å². The van der Waals surface area contributed by atoms with Crippen molar-refractivity contribution in [2.75, 3.05) is 19.1 Å². The van der Waals surface area contributed by atoms with Crippen molar-refractivity contribution in [1.82, 2.24) is 4.98 Å². The van der Waals surface area contributed by atoms with Crippen molar-refractivity contribution in [2.24, 2.45) is 0 Å². The molecule has 0 N–H and O–H groups in total. The second-order valence-electron chi connectivity index (χ2n) is 3.38. The predicted octanol–water partition coefficient (Wildman–Crippen LogP) is 1.69. The van der Waals surface area contributed by atoms with Crippen molar-refractivity contribution >= 4 is 5.82 Å². The number of pyridine rings is 1. The standard InChI is InChI=1S/C10H14N2O/c1-12(8-6-7-8)9-4-3-5-10(11-9)13-2/h3-5,8H,6-7H2,1-2H3. The number of ether oxygens (including phenoxy) is 1. The third kappa shape index (κ3) is 1.74. The van der Waals surface area contributed by atoms with Crippen molar-refractivity contribution in [1.29, 1.82) is 0 Å². The molecule has 70 valence electrons. The Hall–Kier alpha value is -1.25. The Bertz CT molecular complexity index is 297. The fourth-order valence-electron chi connectivity index (χ4n) is 1.36. The van der Waals surface area contributed by atoms with Crippen LogP contribution in [0.2, 0.25) is 0 Å². The minimum absolute atomic E-state index is 0.685. The van der Waals surface area contributed by atoms with Crippen LogP contribution in [0.4, 0.5) is 5.82 Å². The van der Waals surface area contributed by atoms with Crippen LogP contribution in [-0.2, 0) is 0 Å². The lowest BCUT2D eigenvalue weighted by atomic mass is 10.4. The Morgan fingerprint density at radius 1 is 1.46 bits per heavy atom. The van der Waals surface area contributed by atoms with Crippen LogP contribution >= 0.6 is 0 Å². The van der Waals surface area contributed by atoms with E-state index in [0.717, 1.165) is 5.82 Å². The first-order chi connectivity index (χ1) is 6.31. The van der Waals surface area contributed by atoms with E-state index >= 15 is 0 Å². The van der Waals surface area contributed by atoms with Crippen LogP contribution in [-0.4, -0.2) is 25.2 Å². The topological polar surface area (TPSA) is 25.4 Å². The molecular weight excluding hydrogens is 164 g/mol. The van der Waals surface area contributed by atoms with E-state index in [-0.39, 0.29) is 0 Å². The first-order valence-electron chi connectivity index (χ1n) is 4.55. The average molecular weight is 178 g/mol. The SMILES string of the molecule is COc1cccc(N(C)C2CC2)n1. The van der Waals surface area contributed by atoms with Gasteiger partial charge in [0.15, 0.2) is 0 Å². The van der Waals surface area contributed by atoms with Gasteiger partial charge in [0.1, 0.15) is 5.82 Å². The molecule has 1 fully saturated rings. The number of anilines is 1. The van der Waals surface area contributed by atoms with Gasteiger partial charge in [0.2, 0.25) is 5.88 Å². The second-order valence-corrected chi connectivity index (χ2v) is 3.38. The molecule has 0 spiro atoms. The van der Waals surface area contributed by atoms with Gasteiger partial charge in [0.25, 0.3) is 0 Å². The Morgan fingerprint density at radius 2 is 2.23 bits per heavy atom. The molecule has 0 radical (unpaired) electrons. The molecule has 3 heteroatoms. The zero-order valence-corrected chi connectivity index (χ0v) is 8.03. The van der Waals surface area contributed by atoms with Gasteiger partial charge in [-0.15, -0.1) is 0 Å². The number of rotatable bonds is 3. The summed E-state index contributed by atoms with van der Waals surface area (Å²) >= 11 is 0. The minimum atomic E-state index is 0.685. The molecule has 3 nitrogen and oxygen atoms in total. The third-order valence-electron chi connectivity index (χ3n) is 2.37. The Labute approximate surface area is 78.3 Å². The number of methoxy groups -OCH3 is 1. The summed E-state index contributed by atoms with van der Waals surface area (Å²) in [5.41, 5.74) is 0. The van der Waals surface area contributed by atoms with Crippen molar-refractivity contribution in [3.8, 4) is 5.88 Å². The van der Waals surface area contributed by atoms with E-state index < -0.39 is 0 Å². The van der Waals surface area contributed by atoms with E-state index in [1.54, 1.807) is 7.11 Å². The van der Waals surface area contributed by atoms with Gasteiger partial charge in [0.05, 0.1) is 7.11 Å². The molecule has 1 aromatic rings. The summed E-state index contributed by atoms with van der Waals surface area (Å²) in [7, 11) is 3.72. The molecule has 1 aliphatic rings. The third-order valence-corrected chi connectivity index (χ3v) is 2.37. The van der Waals surface area contributed by atoms with Crippen LogP contribution in [0.25, 0.3) is 0 Å². The molecule has 1 heterocycles. The zero-order valence-electron chi connectivity index (χ0n) is 8.03. The molecule has 1 aromatic heterocycles. The van der Waals surface area contributed by atoms with Crippen LogP contribution in [0.5, 0.6) is 5.88 Å². The minimum Gasteiger partial charge on any atom is -0.481 e. The monoisotopic (exact) mass is 178 g/mol. The highest BCUT2D eigenvalue weighted by molar-refractivity contribution is 5.42. The highest BCUT2D eigenvalue weighted by Gasteiger charge is 2.27. The number of hydrogen-bond acceptors (Lipinski definition) is 3. The van der Waals surface area contributed by atoms with Crippen LogP contribution < -0.4 is 9.64 Å². The first-order valence-corrected chi connectivity index (χ1v) is 4.55. The van der Waals surface area contributed by atoms with Crippen LogP contribution in [0, 0.1) is 0 Å². The van der Waals surface area contributed by atoms with Gasteiger partial charge >= 0.3 is 0 Å². The molecule has 13 heavy (non-hydrogen) atoms. The number of nitrogens with zero attached hydrogens (tertiary/aromatic N) is 2. The Kier molecular flexibility index (Phi) is 2.08. The van der Waals surface area contributed by atoms with E-state index in [4.69, 9.17) is 4.74 Å². The number of aromatic nitrogens is 1. The molecule has 1 aliphatic carbocycles. The van der Waals surface area contributed by atoms with Crippen LogP contribution in [0.15, 0.2) is 18.2 Å². The summed E-state index contributed by atoms with van der Waals surface area (Å²) in [6.45, 7) is 0. The summed E-state index contributed by atoms with van der Waals surface area (Å²) in [5, 5.41) is 0. The van der Waals surface area contributed by atoms with Crippen LogP contribution in [0.1, 0.15) is 12.8 Å². The van der Waals surface area contributed by atoms with Crippen molar-refractivity contribution in [3.05, 3.63) is 18.2 Å². The van der Waals surface area contributed by atoms with Gasteiger partial charge in [-0.05, 0) is 18.9 Å². The molecule has 0 bridgehead atoms. The maximum atomic E-state index is 5.07. The maximum absolute atomic E-state index is 5.07. The maximum Gasteiger partial charge on any atom is 0.214 e. The van der Waals surface area contributed by atoms with E-state index in [1.165, 1.54) is 12.8 Å². The average Bonchev–Trinajstić information content (AvgIpc) is 3.00. The molecule has 0 unspecified atom stereocenters. The zero-order chi connectivity index (χ0) is 9.26. The highest BCUT2D eigenvalue weighted by Crippen LogP contribution is 2.29. The van der Waals surface area contributed by atoms with Crippen molar-refractivity contribution in [2.45, 2.75) is 18.9 Å². The predicted molar refractivity (Wildman–Crippen MR) is 52.2 cm³/mol. The summed E-state index contributed by atoms with van der Waals surface area (Å²) in [5.74, 6) is 1.69.